The summed E-state index contributed by atoms with van der Waals surface area (Å²) < 4.78 is 4.61. The molecule has 88 valence electrons. The molecule has 3 nitrogen and oxygen atoms in total. The monoisotopic (exact) mass is 214 g/mol. The molecular weight excluding hydrogens is 192 g/mol. The Morgan fingerprint density at radius 2 is 1.93 bits per heavy atom. The number of methoxy groups -OCH3 is 1. The second kappa shape index (κ2) is 5.31. The molecule has 3 heteroatoms. The van der Waals surface area contributed by atoms with Gasteiger partial charge in [0.15, 0.2) is 0 Å². The molecule has 0 heterocycles. The highest BCUT2D eigenvalue weighted by atomic mass is 16.5. The van der Waals surface area contributed by atoms with Crippen LogP contribution in [0.25, 0.3) is 0 Å². The maximum atomic E-state index is 11.2. The van der Waals surface area contributed by atoms with Crippen molar-refractivity contribution in [3.05, 3.63) is 12.2 Å². The SMILES string of the molecule is C=C(C(C)C)C(CC(=O)OC)C(C)(C)O. The van der Waals surface area contributed by atoms with E-state index in [1.165, 1.54) is 7.11 Å². The number of hydrogen-bond acceptors (Lipinski definition) is 3. The maximum Gasteiger partial charge on any atom is 0.306 e. The minimum atomic E-state index is -0.949. The lowest BCUT2D eigenvalue weighted by atomic mass is 9.78. The smallest absolute Gasteiger partial charge is 0.306 e. The topological polar surface area (TPSA) is 46.5 Å². The van der Waals surface area contributed by atoms with Crippen LogP contribution >= 0.6 is 0 Å². The van der Waals surface area contributed by atoms with Crippen LogP contribution in [-0.4, -0.2) is 23.8 Å². The number of carbonyl (C=O) groups excluding carboxylic acids is 1. The molecule has 0 aliphatic heterocycles. The molecule has 0 rings (SSSR count). The molecule has 0 amide bonds. The first-order valence-electron chi connectivity index (χ1n) is 5.18. The van der Waals surface area contributed by atoms with E-state index in [1.807, 2.05) is 13.8 Å². The molecule has 0 aliphatic rings. The lowest BCUT2D eigenvalue weighted by Crippen LogP contribution is -2.35. The van der Waals surface area contributed by atoms with Crippen LogP contribution in [0, 0.1) is 11.8 Å². The van der Waals surface area contributed by atoms with Crippen molar-refractivity contribution in [3.8, 4) is 0 Å². The summed E-state index contributed by atoms with van der Waals surface area (Å²) in [6.07, 6.45) is 0.178. The first-order valence-corrected chi connectivity index (χ1v) is 5.18. The van der Waals surface area contributed by atoms with Crippen LogP contribution in [-0.2, 0) is 9.53 Å². The van der Waals surface area contributed by atoms with Gasteiger partial charge in [0, 0.05) is 5.92 Å². The van der Waals surface area contributed by atoms with Crippen LogP contribution in [0.4, 0.5) is 0 Å². The Morgan fingerprint density at radius 3 is 2.20 bits per heavy atom. The van der Waals surface area contributed by atoms with Gasteiger partial charge in [-0.1, -0.05) is 26.0 Å². The van der Waals surface area contributed by atoms with Crippen LogP contribution < -0.4 is 0 Å². The molecule has 1 N–H and O–H groups in total. The summed E-state index contributed by atoms with van der Waals surface area (Å²) in [6.45, 7) is 11.3. The van der Waals surface area contributed by atoms with Gasteiger partial charge in [-0.3, -0.25) is 4.79 Å². The molecule has 0 aromatic heterocycles. The van der Waals surface area contributed by atoms with Gasteiger partial charge in [-0.25, -0.2) is 0 Å². The van der Waals surface area contributed by atoms with Crippen LogP contribution in [0.1, 0.15) is 34.1 Å². The van der Waals surface area contributed by atoms with Crippen molar-refractivity contribution >= 4 is 5.97 Å². The van der Waals surface area contributed by atoms with Gasteiger partial charge in [0.05, 0.1) is 19.1 Å². The Balaban J connectivity index is 4.75. The molecule has 1 atom stereocenters. The fourth-order valence-electron chi connectivity index (χ4n) is 1.49. The number of carbonyl (C=O) groups is 1. The summed E-state index contributed by atoms with van der Waals surface area (Å²) in [5, 5.41) is 9.97. The highest BCUT2D eigenvalue weighted by Gasteiger charge is 2.32. The standard InChI is InChI=1S/C12H22O3/c1-8(2)9(3)10(12(4,5)14)7-11(13)15-6/h8,10,14H,3,7H2,1-2,4-6H3. The van der Waals surface area contributed by atoms with E-state index in [-0.39, 0.29) is 24.2 Å². The van der Waals surface area contributed by atoms with Crippen molar-refractivity contribution in [3.63, 3.8) is 0 Å². The van der Waals surface area contributed by atoms with E-state index in [0.717, 1.165) is 5.57 Å². The van der Waals surface area contributed by atoms with E-state index in [9.17, 15) is 9.90 Å². The Labute approximate surface area is 92.1 Å². The minimum absolute atomic E-state index is 0.178. The predicted molar refractivity (Wildman–Crippen MR) is 60.4 cm³/mol. The minimum Gasteiger partial charge on any atom is -0.469 e. The molecule has 0 aromatic carbocycles. The molecule has 0 saturated heterocycles. The number of hydrogen-bond donors (Lipinski definition) is 1. The van der Waals surface area contributed by atoms with Gasteiger partial charge in [-0.05, 0) is 19.8 Å². The quantitative estimate of drug-likeness (QED) is 0.563. The Morgan fingerprint density at radius 1 is 1.47 bits per heavy atom. The largest absolute Gasteiger partial charge is 0.469 e. The average Bonchev–Trinajstić information content (AvgIpc) is 2.10. The van der Waals surface area contributed by atoms with Gasteiger partial charge in [0.1, 0.15) is 0 Å². The van der Waals surface area contributed by atoms with Gasteiger partial charge in [0.25, 0.3) is 0 Å². The first-order chi connectivity index (χ1) is 6.70. The summed E-state index contributed by atoms with van der Waals surface area (Å²) >= 11 is 0. The summed E-state index contributed by atoms with van der Waals surface area (Å²) in [7, 11) is 1.35. The van der Waals surface area contributed by atoms with Gasteiger partial charge < -0.3 is 9.84 Å². The first kappa shape index (κ1) is 14.2. The third-order valence-electron chi connectivity index (χ3n) is 2.64. The summed E-state index contributed by atoms with van der Waals surface area (Å²) in [4.78, 5) is 11.2. The van der Waals surface area contributed by atoms with Crippen molar-refractivity contribution in [2.45, 2.75) is 39.7 Å². The Bertz CT molecular complexity index is 236. The van der Waals surface area contributed by atoms with Gasteiger partial charge in [0.2, 0.25) is 0 Å². The second-order valence-corrected chi connectivity index (χ2v) is 4.72. The molecule has 0 aliphatic carbocycles. The fraction of sp³-hybridized carbons (Fsp3) is 0.750. The van der Waals surface area contributed by atoms with E-state index < -0.39 is 5.60 Å². The molecular formula is C12H22O3. The number of esters is 1. The highest BCUT2D eigenvalue weighted by Crippen LogP contribution is 2.31. The number of ether oxygens (including phenoxy) is 1. The lowest BCUT2D eigenvalue weighted by molar-refractivity contribution is -0.143. The zero-order valence-corrected chi connectivity index (χ0v) is 10.3. The highest BCUT2D eigenvalue weighted by molar-refractivity contribution is 5.70. The molecule has 0 fully saturated rings. The van der Waals surface area contributed by atoms with Gasteiger partial charge >= 0.3 is 5.97 Å². The average molecular weight is 214 g/mol. The zero-order chi connectivity index (χ0) is 12.2. The molecule has 1 unspecified atom stereocenters. The molecule has 0 spiro atoms. The molecule has 15 heavy (non-hydrogen) atoms. The van der Waals surface area contributed by atoms with E-state index in [4.69, 9.17) is 0 Å². The summed E-state index contributed by atoms with van der Waals surface area (Å²) in [6, 6.07) is 0. The van der Waals surface area contributed by atoms with E-state index in [2.05, 4.69) is 11.3 Å². The Hall–Kier alpha value is -0.830. The van der Waals surface area contributed by atoms with Crippen molar-refractivity contribution in [2.24, 2.45) is 11.8 Å². The van der Waals surface area contributed by atoms with E-state index in [1.54, 1.807) is 13.8 Å². The lowest BCUT2D eigenvalue weighted by Gasteiger charge is -2.32. The number of rotatable bonds is 5. The molecule has 0 aromatic rings. The third kappa shape index (κ3) is 4.47. The zero-order valence-electron chi connectivity index (χ0n) is 10.3. The predicted octanol–water partition coefficient (Wildman–Crippen LogP) is 2.15. The van der Waals surface area contributed by atoms with Crippen LogP contribution in [0.5, 0.6) is 0 Å². The third-order valence-corrected chi connectivity index (χ3v) is 2.64. The van der Waals surface area contributed by atoms with Crippen molar-refractivity contribution in [1.82, 2.24) is 0 Å². The van der Waals surface area contributed by atoms with E-state index >= 15 is 0 Å². The van der Waals surface area contributed by atoms with Crippen LogP contribution in [0.3, 0.4) is 0 Å². The van der Waals surface area contributed by atoms with Crippen molar-refractivity contribution in [2.75, 3.05) is 7.11 Å². The Kier molecular flexibility index (Phi) is 5.01. The number of aliphatic hydroxyl groups is 1. The fourth-order valence-corrected chi connectivity index (χ4v) is 1.49. The van der Waals surface area contributed by atoms with Gasteiger partial charge in [-0.15, -0.1) is 0 Å². The van der Waals surface area contributed by atoms with Crippen LogP contribution in [0.15, 0.2) is 12.2 Å². The van der Waals surface area contributed by atoms with Gasteiger partial charge in [-0.2, -0.15) is 0 Å². The van der Waals surface area contributed by atoms with E-state index in [0.29, 0.717) is 0 Å². The van der Waals surface area contributed by atoms with Crippen LogP contribution in [0.2, 0.25) is 0 Å². The second-order valence-electron chi connectivity index (χ2n) is 4.72. The van der Waals surface area contributed by atoms with Crippen molar-refractivity contribution < 1.29 is 14.6 Å². The maximum absolute atomic E-state index is 11.2. The normalized spacial score (nSPS) is 13.8. The molecule has 0 bridgehead atoms. The summed E-state index contributed by atoms with van der Waals surface area (Å²) in [5.74, 6) is -0.333. The molecule has 0 saturated carbocycles. The van der Waals surface area contributed by atoms with Crippen molar-refractivity contribution in [1.29, 1.82) is 0 Å². The summed E-state index contributed by atoms with van der Waals surface area (Å²) in [5.41, 5.74) is -0.0666. The molecule has 0 radical (unpaired) electrons.